The first kappa shape index (κ1) is 8.73. The molecule has 2 fully saturated rings. The number of carbonyl (C=O) groups is 2. The minimum Gasteiger partial charge on any atom is -0.296 e. The first-order valence-electron chi connectivity index (χ1n) is 4.95. The highest BCUT2D eigenvalue weighted by Crippen LogP contribution is 2.49. The summed E-state index contributed by atoms with van der Waals surface area (Å²) in [5, 5.41) is 2.37. The lowest BCUT2D eigenvalue weighted by atomic mass is 9.71. The first-order chi connectivity index (χ1) is 6.12. The molecule has 0 aromatic rings. The molecule has 72 valence electrons. The molecule has 1 spiro atoms. The molecule has 1 aliphatic heterocycles. The Balaban J connectivity index is 2.21. The van der Waals surface area contributed by atoms with Crippen molar-refractivity contribution in [1.82, 2.24) is 5.32 Å². The molecule has 1 saturated heterocycles. The number of piperidine rings is 1. The van der Waals surface area contributed by atoms with E-state index in [1.165, 1.54) is 12.8 Å². The Kier molecular flexibility index (Phi) is 1.90. The van der Waals surface area contributed by atoms with Crippen LogP contribution in [0, 0.1) is 11.3 Å². The van der Waals surface area contributed by atoms with Gasteiger partial charge in [0.15, 0.2) is 0 Å². The smallest absolute Gasteiger partial charge is 0.227 e. The zero-order valence-corrected chi connectivity index (χ0v) is 7.93. The molecular weight excluding hydrogens is 166 g/mol. The quantitative estimate of drug-likeness (QED) is 0.571. The highest BCUT2D eigenvalue weighted by Gasteiger charge is 2.46. The standard InChI is InChI=1S/C10H15NO2/c1-7-3-2-4-10(7)5-8(12)11-9(13)6-10/h7H,2-6H2,1H3,(H,11,12,13). The van der Waals surface area contributed by atoms with E-state index in [4.69, 9.17) is 0 Å². The second-order valence-electron chi connectivity index (χ2n) is 4.48. The van der Waals surface area contributed by atoms with Gasteiger partial charge in [-0.2, -0.15) is 0 Å². The molecule has 1 saturated carbocycles. The number of amides is 2. The molecule has 0 radical (unpaired) electrons. The molecule has 1 atom stereocenters. The van der Waals surface area contributed by atoms with Gasteiger partial charge < -0.3 is 0 Å². The van der Waals surface area contributed by atoms with Crippen LogP contribution >= 0.6 is 0 Å². The van der Waals surface area contributed by atoms with Crippen molar-refractivity contribution in [3.8, 4) is 0 Å². The van der Waals surface area contributed by atoms with Crippen LogP contribution in [-0.4, -0.2) is 11.8 Å². The summed E-state index contributed by atoms with van der Waals surface area (Å²) >= 11 is 0. The van der Waals surface area contributed by atoms with E-state index in [9.17, 15) is 9.59 Å². The van der Waals surface area contributed by atoms with Gasteiger partial charge in [0.2, 0.25) is 11.8 Å². The van der Waals surface area contributed by atoms with Gasteiger partial charge in [0.1, 0.15) is 0 Å². The maximum absolute atomic E-state index is 11.2. The molecule has 3 nitrogen and oxygen atoms in total. The van der Waals surface area contributed by atoms with Gasteiger partial charge >= 0.3 is 0 Å². The Morgan fingerprint density at radius 2 is 1.92 bits per heavy atom. The van der Waals surface area contributed by atoms with Crippen LogP contribution in [0.2, 0.25) is 0 Å². The molecular formula is C10H15NO2. The Hall–Kier alpha value is -0.860. The van der Waals surface area contributed by atoms with Crippen LogP contribution in [0.3, 0.4) is 0 Å². The van der Waals surface area contributed by atoms with Gasteiger partial charge in [-0.05, 0) is 17.8 Å². The maximum atomic E-state index is 11.2. The van der Waals surface area contributed by atoms with E-state index in [-0.39, 0.29) is 17.2 Å². The summed E-state index contributed by atoms with van der Waals surface area (Å²) in [4.78, 5) is 22.5. The number of carbonyl (C=O) groups excluding carboxylic acids is 2. The predicted octanol–water partition coefficient (Wildman–Crippen LogP) is 1.23. The number of rotatable bonds is 0. The van der Waals surface area contributed by atoms with E-state index in [1.807, 2.05) is 0 Å². The van der Waals surface area contributed by atoms with Crippen LogP contribution in [0.15, 0.2) is 0 Å². The maximum Gasteiger partial charge on any atom is 0.227 e. The summed E-state index contributed by atoms with van der Waals surface area (Å²) in [5.41, 5.74) is 0.0133. The minimum absolute atomic E-state index is 0.0133. The number of hydrogen-bond acceptors (Lipinski definition) is 2. The number of imide groups is 1. The Bertz CT molecular complexity index is 244. The fourth-order valence-corrected chi connectivity index (χ4v) is 2.78. The van der Waals surface area contributed by atoms with Crippen LogP contribution in [0.1, 0.15) is 39.0 Å². The van der Waals surface area contributed by atoms with Crippen molar-refractivity contribution in [3.63, 3.8) is 0 Å². The average molecular weight is 181 g/mol. The van der Waals surface area contributed by atoms with E-state index in [0.717, 1.165) is 6.42 Å². The van der Waals surface area contributed by atoms with Gasteiger partial charge in [-0.15, -0.1) is 0 Å². The highest BCUT2D eigenvalue weighted by atomic mass is 16.2. The fourth-order valence-electron chi connectivity index (χ4n) is 2.78. The predicted molar refractivity (Wildman–Crippen MR) is 47.8 cm³/mol. The zero-order chi connectivity index (χ0) is 9.47. The summed E-state index contributed by atoms with van der Waals surface area (Å²) in [6.45, 7) is 2.17. The van der Waals surface area contributed by atoms with E-state index < -0.39 is 0 Å². The Labute approximate surface area is 77.9 Å². The van der Waals surface area contributed by atoms with Crippen LogP contribution < -0.4 is 5.32 Å². The molecule has 13 heavy (non-hydrogen) atoms. The molecule has 2 rings (SSSR count). The van der Waals surface area contributed by atoms with Crippen LogP contribution in [0.25, 0.3) is 0 Å². The van der Waals surface area contributed by atoms with Gasteiger partial charge in [0.05, 0.1) is 0 Å². The Morgan fingerprint density at radius 3 is 2.38 bits per heavy atom. The zero-order valence-electron chi connectivity index (χ0n) is 7.93. The molecule has 1 N–H and O–H groups in total. The van der Waals surface area contributed by atoms with Gasteiger partial charge in [-0.1, -0.05) is 19.8 Å². The highest BCUT2D eigenvalue weighted by molar-refractivity contribution is 5.98. The largest absolute Gasteiger partial charge is 0.296 e. The topological polar surface area (TPSA) is 46.2 Å². The molecule has 2 amide bonds. The molecule has 0 aromatic heterocycles. The summed E-state index contributed by atoms with van der Waals surface area (Å²) in [5.74, 6) is 0.373. The van der Waals surface area contributed by atoms with Crippen molar-refractivity contribution < 1.29 is 9.59 Å². The molecule has 0 bridgehead atoms. The Morgan fingerprint density at radius 1 is 1.31 bits per heavy atom. The minimum atomic E-state index is -0.0787. The molecule has 2 aliphatic rings. The van der Waals surface area contributed by atoms with Gasteiger partial charge in [0.25, 0.3) is 0 Å². The lowest BCUT2D eigenvalue weighted by Gasteiger charge is -2.35. The van der Waals surface area contributed by atoms with Crippen LogP contribution in [0.5, 0.6) is 0 Å². The van der Waals surface area contributed by atoms with Crippen molar-refractivity contribution in [3.05, 3.63) is 0 Å². The molecule has 3 heteroatoms. The summed E-state index contributed by atoms with van der Waals surface area (Å²) in [6.07, 6.45) is 4.50. The SMILES string of the molecule is CC1CCCC12CC(=O)NC(=O)C2. The van der Waals surface area contributed by atoms with Crippen molar-refractivity contribution in [2.24, 2.45) is 11.3 Å². The second kappa shape index (κ2) is 2.82. The number of nitrogens with one attached hydrogen (secondary N) is 1. The van der Waals surface area contributed by atoms with Gasteiger partial charge in [-0.25, -0.2) is 0 Å². The normalized spacial score (nSPS) is 32.2. The second-order valence-corrected chi connectivity index (χ2v) is 4.48. The third kappa shape index (κ3) is 1.36. The molecule has 1 unspecified atom stereocenters. The van der Waals surface area contributed by atoms with E-state index in [1.54, 1.807) is 0 Å². The van der Waals surface area contributed by atoms with Crippen LogP contribution in [-0.2, 0) is 9.59 Å². The monoisotopic (exact) mass is 181 g/mol. The van der Waals surface area contributed by atoms with E-state index >= 15 is 0 Å². The van der Waals surface area contributed by atoms with E-state index in [2.05, 4.69) is 12.2 Å². The molecule has 1 heterocycles. The van der Waals surface area contributed by atoms with Gasteiger partial charge in [-0.3, -0.25) is 14.9 Å². The third-order valence-corrected chi connectivity index (χ3v) is 3.66. The number of hydrogen-bond donors (Lipinski definition) is 1. The summed E-state index contributed by atoms with van der Waals surface area (Å²) in [6, 6.07) is 0. The lowest BCUT2D eigenvalue weighted by Crippen LogP contribution is -2.45. The molecule has 1 aliphatic carbocycles. The summed E-state index contributed by atoms with van der Waals surface area (Å²) < 4.78 is 0. The first-order valence-corrected chi connectivity index (χ1v) is 4.95. The van der Waals surface area contributed by atoms with Crippen molar-refractivity contribution in [1.29, 1.82) is 0 Å². The third-order valence-electron chi connectivity index (χ3n) is 3.66. The molecule has 0 aromatic carbocycles. The van der Waals surface area contributed by atoms with Crippen molar-refractivity contribution >= 4 is 11.8 Å². The fraction of sp³-hybridized carbons (Fsp3) is 0.800. The van der Waals surface area contributed by atoms with Crippen molar-refractivity contribution in [2.75, 3.05) is 0 Å². The summed E-state index contributed by atoms with van der Waals surface area (Å²) in [7, 11) is 0. The van der Waals surface area contributed by atoms with Gasteiger partial charge in [0, 0.05) is 12.8 Å². The van der Waals surface area contributed by atoms with E-state index in [0.29, 0.717) is 18.8 Å². The van der Waals surface area contributed by atoms with Crippen LogP contribution in [0.4, 0.5) is 0 Å². The lowest BCUT2D eigenvalue weighted by molar-refractivity contribution is -0.139. The average Bonchev–Trinajstić information content (AvgIpc) is 2.30. The van der Waals surface area contributed by atoms with Crippen molar-refractivity contribution in [2.45, 2.75) is 39.0 Å².